The highest BCUT2D eigenvalue weighted by molar-refractivity contribution is 6.32. The molecule has 6 heteroatoms. The average molecular weight is 274 g/mol. The van der Waals surface area contributed by atoms with E-state index in [4.69, 9.17) is 31.7 Å². The molecule has 18 heavy (non-hydrogen) atoms. The van der Waals surface area contributed by atoms with Crippen molar-refractivity contribution in [1.29, 1.82) is 0 Å². The van der Waals surface area contributed by atoms with E-state index in [1.807, 2.05) is 0 Å². The first-order chi connectivity index (χ1) is 8.77. The highest BCUT2D eigenvalue weighted by Crippen LogP contribution is 2.44. The molecule has 0 saturated carbocycles. The van der Waals surface area contributed by atoms with Gasteiger partial charge in [0.2, 0.25) is 0 Å². The summed E-state index contributed by atoms with van der Waals surface area (Å²) in [5.74, 6) is 6.96. The first kappa shape index (κ1) is 13.3. The number of hydrogen-bond acceptors (Lipinski definition) is 5. The van der Waals surface area contributed by atoms with Gasteiger partial charge in [0.05, 0.1) is 32.0 Å². The van der Waals surface area contributed by atoms with Gasteiger partial charge in [-0.15, -0.1) is 0 Å². The fraction of sp³-hybridized carbons (Fsp3) is 0.500. The minimum Gasteiger partial charge on any atom is -0.495 e. The smallest absolute Gasteiger partial charge is 0.168 e. The van der Waals surface area contributed by atoms with E-state index in [2.05, 4.69) is 4.84 Å². The Morgan fingerprint density at radius 1 is 1.39 bits per heavy atom. The molecule has 0 spiro atoms. The minimum absolute atomic E-state index is 0.354. The van der Waals surface area contributed by atoms with Crippen LogP contribution in [-0.4, -0.2) is 26.9 Å². The summed E-state index contributed by atoms with van der Waals surface area (Å²) in [4.78, 5) is 4.61. The molecule has 100 valence electrons. The van der Waals surface area contributed by atoms with Gasteiger partial charge in [-0.2, -0.15) is 0 Å². The van der Waals surface area contributed by atoms with E-state index in [0.29, 0.717) is 48.5 Å². The molecule has 0 saturated heterocycles. The molecular formula is C12H16ClNO4. The van der Waals surface area contributed by atoms with Gasteiger partial charge in [0.1, 0.15) is 5.75 Å². The Labute approximate surface area is 111 Å². The van der Waals surface area contributed by atoms with Gasteiger partial charge in [0, 0.05) is 24.5 Å². The Morgan fingerprint density at radius 3 is 2.89 bits per heavy atom. The van der Waals surface area contributed by atoms with Gasteiger partial charge in [-0.25, -0.2) is 5.90 Å². The van der Waals surface area contributed by atoms with Gasteiger partial charge in [-0.3, -0.25) is 0 Å². The van der Waals surface area contributed by atoms with Gasteiger partial charge in [-0.05, 0) is 0 Å². The van der Waals surface area contributed by atoms with Crippen molar-refractivity contribution in [2.75, 3.05) is 26.9 Å². The summed E-state index contributed by atoms with van der Waals surface area (Å²) in [6.45, 7) is 1.57. The Hall–Kier alpha value is -1.17. The van der Waals surface area contributed by atoms with E-state index in [0.717, 1.165) is 12.0 Å². The molecule has 2 rings (SSSR count). The summed E-state index contributed by atoms with van der Waals surface area (Å²) in [6, 6.07) is 1.72. The Kier molecular flexibility index (Phi) is 4.52. The van der Waals surface area contributed by atoms with Crippen LogP contribution in [0.15, 0.2) is 6.07 Å². The third-order valence-electron chi connectivity index (χ3n) is 2.71. The second-order valence-electron chi connectivity index (χ2n) is 3.87. The van der Waals surface area contributed by atoms with E-state index >= 15 is 0 Å². The molecule has 1 heterocycles. The second kappa shape index (κ2) is 6.13. The van der Waals surface area contributed by atoms with Gasteiger partial charge >= 0.3 is 0 Å². The fourth-order valence-corrected chi connectivity index (χ4v) is 2.22. The SMILES string of the molecule is COc1c(Cl)cc2c(c1CCON)OCCCO2. The molecule has 5 nitrogen and oxygen atoms in total. The monoisotopic (exact) mass is 273 g/mol. The molecule has 0 unspecified atom stereocenters. The van der Waals surface area contributed by atoms with Crippen molar-refractivity contribution >= 4 is 11.6 Å². The van der Waals surface area contributed by atoms with E-state index in [-0.39, 0.29) is 0 Å². The first-order valence-electron chi connectivity index (χ1n) is 5.74. The molecule has 0 aromatic heterocycles. The number of methoxy groups -OCH3 is 1. The van der Waals surface area contributed by atoms with Crippen molar-refractivity contribution in [2.45, 2.75) is 12.8 Å². The number of ether oxygens (including phenoxy) is 3. The van der Waals surface area contributed by atoms with Crippen molar-refractivity contribution < 1.29 is 19.0 Å². The topological polar surface area (TPSA) is 62.9 Å². The summed E-state index contributed by atoms with van der Waals surface area (Å²) in [7, 11) is 1.57. The van der Waals surface area contributed by atoms with Crippen molar-refractivity contribution in [3.05, 3.63) is 16.7 Å². The molecule has 1 aromatic carbocycles. The van der Waals surface area contributed by atoms with Crippen LogP contribution in [0.25, 0.3) is 0 Å². The molecule has 0 atom stereocenters. The summed E-state index contributed by atoms with van der Waals surface area (Å²) >= 11 is 6.17. The Balaban J connectivity index is 2.46. The molecule has 0 fully saturated rings. The molecule has 0 bridgehead atoms. The number of halogens is 1. The normalized spacial score (nSPS) is 14.2. The van der Waals surface area contributed by atoms with Gasteiger partial charge < -0.3 is 19.0 Å². The highest BCUT2D eigenvalue weighted by Gasteiger charge is 2.22. The molecule has 1 aliphatic heterocycles. The predicted octanol–water partition coefficient (Wildman–Crippen LogP) is 1.94. The van der Waals surface area contributed by atoms with Gasteiger partial charge in [0.15, 0.2) is 11.5 Å². The van der Waals surface area contributed by atoms with Gasteiger partial charge in [-0.1, -0.05) is 11.6 Å². The van der Waals surface area contributed by atoms with Crippen LogP contribution in [0.5, 0.6) is 17.2 Å². The maximum Gasteiger partial charge on any atom is 0.168 e. The van der Waals surface area contributed by atoms with E-state index < -0.39 is 0 Å². The summed E-state index contributed by atoms with van der Waals surface area (Å²) in [5, 5.41) is 0.494. The van der Waals surface area contributed by atoms with E-state index in [1.54, 1.807) is 13.2 Å². The molecule has 1 aromatic rings. The average Bonchev–Trinajstić information content (AvgIpc) is 2.60. The maximum absolute atomic E-state index is 6.17. The Bertz CT molecular complexity index is 425. The first-order valence-corrected chi connectivity index (χ1v) is 6.12. The highest BCUT2D eigenvalue weighted by atomic mass is 35.5. The Morgan fingerprint density at radius 2 is 2.17 bits per heavy atom. The zero-order chi connectivity index (χ0) is 13.0. The fourth-order valence-electron chi connectivity index (χ4n) is 1.93. The molecule has 2 N–H and O–H groups in total. The van der Waals surface area contributed by atoms with Gasteiger partial charge in [0.25, 0.3) is 0 Å². The quantitative estimate of drug-likeness (QED) is 0.850. The van der Waals surface area contributed by atoms with Crippen molar-refractivity contribution in [1.82, 2.24) is 0 Å². The van der Waals surface area contributed by atoms with Crippen LogP contribution < -0.4 is 20.1 Å². The lowest BCUT2D eigenvalue weighted by Gasteiger charge is -2.17. The predicted molar refractivity (Wildman–Crippen MR) is 67.5 cm³/mol. The van der Waals surface area contributed by atoms with E-state index in [9.17, 15) is 0 Å². The van der Waals surface area contributed by atoms with Crippen LogP contribution in [0.1, 0.15) is 12.0 Å². The zero-order valence-electron chi connectivity index (χ0n) is 10.2. The standard InChI is InChI=1S/C12H16ClNO4/c1-15-11-8(3-6-18-14)12-10(7-9(11)13)16-4-2-5-17-12/h7H,2-6,14H2,1H3. The summed E-state index contributed by atoms with van der Waals surface area (Å²) in [6.07, 6.45) is 1.38. The van der Waals surface area contributed by atoms with Crippen molar-refractivity contribution in [3.63, 3.8) is 0 Å². The van der Waals surface area contributed by atoms with Crippen LogP contribution in [0, 0.1) is 0 Å². The van der Waals surface area contributed by atoms with Crippen molar-refractivity contribution in [3.8, 4) is 17.2 Å². The lowest BCUT2D eigenvalue weighted by Crippen LogP contribution is -2.07. The minimum atomic E-state index is 0.354. The van der Waals surface area contributed by atoms with E-state index in [1.165, 1.54) is 0 Å². The zero-order valence-corrected chi connectivity index (χ0v) is 11.0. The number of nitrogens with two attached hydrogens (primary N) is 1. The van der Waals surface area contributed by atoms with Crippen LogP contribution in [0.3, 0.4) is 0 Å². The molecule has 0 aliphatic carbocycles. The lowest BCUT2D eigenvalue weighted by molar-refractivity contribution is 0.140. The maximum atomic E-state index is 6.17. The number of benzene rings is 1. The third-order valence-corrected chi connectivity index (χ3v) is 2.99. The summed E-state index contributed by atoms with van der Waals surface area (Å²) < 4.78 is 16.6. The molecule has 1 aliphatic rings. The lowest BCUT2D eigenvalue weighted by atomic mass is 10.1. The van der Waals surface area contributed by atoms with Crippen LogP contribution >= 0.6 is 11.6 Å². The number of rotatable bonds is 4. The third kappa shape index (κ3) is 2.63. The van der Waals surface area contributed by atoms with Crippen LogP contribution in [-0.2, 0) is 11.3 Å². The molecule has 0 radical (unpaired) electrons. The second-order valence-corrected chi connectivity index (χ2v) is 4.28. The van der Waals surface area contributed by atoms with Crippen LogP contribution in [0.4, 0.5) is 0 Å². The van der Waals surface area contributed by atoms with Crippen molar-refractivity contribution in [2.24, 2.45) is 5.90 Å². The number of fused-ring (bicyclic) bond motifs is 1. The molecule has 0 amide bonds. The van der Waals surface area contributed by atoms with Crippen LogP contribution in [0.2, 0.25) is 5.02 Å². The number of hydrogen-bond donors (Lipinski definition) is 1. The largest absolute Gasteiger partial charge is 0.495 e. The summed E-state index contributed by atoms with van der Waals surface area (Å²) in [5.41, 5.74) is 0.826. The molecular weight excluding hydrogens is 258 g/mol.